The third kappa shape index (κ3) is 2.33. The minimum atomic E-state index is -0.287. The molecule has 5 heteroatoms. The van der Waals surface area contributed by atoms with Gasteiger partial charge in [-0.2, -0.15) is 0 Å². The average molecular weight is 281 g/mol. The number of carbonyl (C=O) groups is 1. The lowest BCUT2D eigenvalue weighted by atomic mass is 10.2. The van der Waals surface area contributed by atoms with Crippen LogP contribution in [0.2, 0.25) is 0 Å². The normalized spacial score (nSPS) is 10.7. The Hall–Kier alpha value is -2.82. The number of aromatic nitrogens is 2. The monoisotopic (exact) mass is 281 g/mol. The summed E-state index contributed by atoms with van der Waals surface area (Å²) in [6, 6.07) is 11.0. The van der Waals surface area contributed by atoms with E-state index in [0.717, 1.165) is 10.9 Å². The molecule has 21 heavy (non-hydrogen) atoms. The standard InChI is InChI=1S/C16H15N3O2/c1-2-19-13-6-4-3-5-11(13)9-14(19)16(21)18-12-10-17-8-7-15(12)20/h3-10H,2H2,1H3,(H,17,20)(H,18,21). The van der Waals surface area contributed by atoms with Crippen molar-refractivity contribution in [1.29, 1.82) is 0 Å². The van der Waals surface area contributed by atoms with E-state index in [9.17, 15) is 9.59 Å². The predicted molar refractivity (Wildman–Crippen MR) is 82.6 cm³/mol. The summed E-state index contributed by atoms with van der Waals surface area (Å²) in [5.74, 6) is -0.287. The first-order valence-corrected chi connectivity index (χ1v) is 6.77. The number of amides is 1. The topological polar surface area (TPSA) is 66.9 Å². The summed E-state index contributed by atoms with van der Waals surface area (Å²) in [5, 5.41) is 3.66. The van der Waals surface area contributed by atoms with Crippen LogP contribution in [-0.2, 0) is 6.54 Å². The molecule has 106 valence electrons. The highest BCUT2D eigenvalue weighted by atomic mass is 16.2. The Morgan fingerprint density at radius 1 is 1.29 bits per heavy atom. The number of nitrogens with zero attached hydrogens (tertiary/aromatic N) is 1. The summed E-state index contributed by atoms with van der Waals surface area (Å²) < 4.78 is 1.93. The maximum Gasteiger partial charge on any atom is 0.272 e. The highest BCUT2D eigenvalue weighted by Crippen LogP contribution is 2.20. The van der Waals surface area contributed by atoms with Crippen molar-refractivity contribution < 1.29 is 4.79 Å². The van der Waals surface area contributed by atoms with Crippen molar-refractivity contribution in [3.8, 4) is 0 Å². The predicted octanol–water partition coefficient (Wildman–Crippen LogP) is 2.60. The average Bonchev–Trinajstić information content (AvgIpc) is 2.88. The zero-order valence-corrected chi connectivity index (χ0v) is 11.6. The largest absolute Gasteiger partial charge is 0.366 e. The smallest absolute Gasteiger partial charge is 0.272 e. The van der Waals surface area contributed by atoms with Gasteiger partial charge < -0.3 is 14.9 Å². The van der Waals surface area contributed by atoms with Gasteiger partial charge in [0.05, 0.1) is 0 Å². The molecule has 1 aromatic carbocycles. The van der Waals surface area contributed by atoms with Gasteiger partial charge in [-0.1, -0.05) is 18.2 Å². The molecular weight excluding hydrogens is 266 g/mol. The molecule has 2 heterocycles. The maximum atomic E-state index is 12.4. The number of para-hydroxylation sites is 1. The van der Waals surface area contributed by atoms with Gasteiger partial charge in [0.2, 0.25) is 5.43 Å². The molecule has 0 saturated heterocycles. The van der Waals surface area contributed by atoms with Crippen LogP contribution >= 0.6 is 0 Å². The van der Waals surface area contributed by atoms with Crippen molar-refractivity contribution in [3.63, 3.8) is 0 Å². The van der Waals surface area contributed by atoms with Crippen LogP contribution < -0.4 is 10.7 Å². The van der Waals surface area contributed by atoms with E-state index in [2.05, 4.69) is 10.3 Å². The molecule has 0 fully saturated rings. The van der Waals surface area contributed by atoms with E-state index < -0.39 is 0 Å². The van der Waals surface area contributed by atoms with Gasteiger partial charge in [0.15, 0.2) is 0 Å². The number of hydrogen-bond donors (Lipinski definition) is 2. The molecular formula is C16H15N3O2. The Morgan fingerprint density at radius 2 is 2.10 bits per heavy atom. The molecule has 3 aromatic rings. The SMILES string of the molecule is CCn1c(C(=O)Nc2c[nH]ccc2=O)cc2ccccc21. The quantitative estimate of drug-likeness (QED) is 0.775. The number of fused-ring (bicyclic) bond motifs is 1. The zero-order valence-electron chi connectivity index (χ0n) is 11.6. The van der Waals surface area contributed by atoms with E-state index in [4.69, 9.17) is 0 Å². The Balaban J connectivity index is 2.02. The molecule has 1 amide bonds. The minimum Gasteiger partial charge on any atom is -0.366 e. The van der Waals surface area contributed by atoms with Gasteiger partial charge in [-0.25, -0.2) is 0 Å². The van der Waals surface area contributed by atoms with Gasteiger partial charge in [-0.15, -0.1) is 0 Å². The molecule has 0 aliphatic heterocycles. The number of nitrogens with one attached hydrogen (secondary N) is 2. The minimum absolute atomic E-state index is 0.221. The second-order valence-corrected chi connectivity index (χ2v) is 4.71. The lowest BCUT2D eigenvalue weighted by molar-refractivity contribution is 0.101. The third-order valence-corrected chi connectivity index (χ3v) is 3.43. The molecule has 0 aliphatic carbocycles. The number of rotatable bonds is 3. The molecule has 0 radical (unpaired) electrons. The molecule has 5 nitrogen and oxygen atoms in total. The number of H-pyrrole nitrogens is 1. The fourth-order valence-electron chi connectivity index (χ4n) is 2.44. The first-order valence-electron chi connectivity index (χ1n) is 6.77. The number of aromatic amines is 1. The van der Waals surface area contributed by atoms with E-state index in [0.29, 0.717) is 12.2 Å². The first-order chi connectivity index (χ1) is 10.2. The van der Waals surface area contributed by atoms with Crippen molar-refractivity contribution >= 4 is 22.5 Å². The fraction of sp³-hybridized carbons (Fsp3) is 0.125. The van der Waals surface area contributed by atoms with E-state index in [1.54, 1.807) is 0 Å². The molecule has 0 unspecified atom stereocenters. The van der Waals surface area contributed by atoms with Gasteiger partial charge in [0, 0.05) is 35.9 Å². The number of benzene rings is 1. The van der Waals surface area contributed by atoms with E-state index in [-0.39, 0.29) is 17.0 Å². The number of anilines is 1. The van der Waals surface area contributed by atoms with Crippen LogP contribution in [0.4, 0.5) is 5.69 Å². The van der Waals surface area contributed by atoms with Crippen molar-refractivity contribution in [2.75, 3.05) is 5.32 Å². The van der Waals surface area contributed by atoms with Crippen LogP contribution in [-0.4, -0.2) is 15.5 Å². The molecule has 0 bridgehead atoms. The van der Waals surface area contributed by atoms with Crippen LogP contribution in [0, 0.1) is 0 Å². The maximum absolute atomic E-state index is 12.4. The fourth-order valence-corrected chi connectivity index (χ4v) is 2.44. The first kappa shape index (κ1) is 13.2. The summed E-state index contributed by atoms with van der Waals surface area (Å²) in [4.78, 5) is 26.9. The number of aryl methyl sites for hydroxylation is 1. The van der Waals surface area contributed by atoms with Gasteiger partial charge in [-0.05, 0) is 19.1 Å². The van der Waals surface area contributed by atoms with Crippen LogP contribution in [0.3, 0.4) is 0 Å². The second-order valence-electron chi connectivity index (χ2n) is 4.71. The second kappa shape index (κ2) is 5.28. The van der Waals surface area contributed by atoms with Crippen LogP contribution in [0.15, 0.2) is 53.6 Å². The van der Waals surface area contributed by atoms with Crippen molar-refractivity contribution in [3.05, 3.63) is 64.7 Å². The Labute approximate surface area is 121 Å². The number of hydrogen-bond acceptors (Lipinski definition) is 2. The summed E-state index contributed by atoms with van der Waals surface area (Å²) in [5.41, 5.74) is 1.57. The highest BCUT2D eigenvalue weighted by Gasteiger charge is 2.15. The van der Waals surface area contributed by atoms with Crippen LogP contribution in [0.25, 0.3) is 10.9 Å². The van der Waals surface area contributed by atoms with Crippen molar-refractivity contribution in [2.45, 2.75) is 13.5 Å². The highest BCUT2D eigenvalue weighted by molar-refractivity contribution is 6.06. The van der Waals surface area contributed by atoms with E-state index in [1.165, 1.54) is 18.5 Å². The van der Waals surface area contributed by atoms with Crippen LogP contribution in [0.1, 0.15) is 17.4 Å². The lowest BCUT2D eigenvalue weighted by Crippen LogP contribution is -2.20. The summed E-state index contributed by atoms with van der Waals surface area (Å²) >= 11 is 0. The van der Waals surface area contributed by atoms with Crippen molar-refractivity contribution in [1.82, 2.24) is 9.55 Å². The Morgan fingerprint density at radius 3 is 2.86 bits per heavy atom. The van der Waals surface area contributed by atoms with Gasteiger partial charge in [-0.3, -0.25) is 9.59 Å². The lowest BCUT2D eigenvalue weighted by Gasteiger charge is -2.08. The number of pyridine rings is 1. The molecule has 0 atom stereocenters. The summed E-state index contributed by atoms with van der Waals surface area (Å²) in [7, 11) is 0. The molecule has 3 rings (SSSR count). The Kier molecular flexibility index (Phi) is 3.31. The molecule has 2 aromatic heterocycles. The molecule has 0 aliphatic rings. The zero-order chi connectivity index (χ0) is 14.8. The van der Waals surface area contributed by atoms with Crippen LogP contribution in [0.5, 0.6) is 0 Å². The molecule has 0 saturated carbocycles. The van der Waals surface area contributed by atoms with Gasteiger partial charge >= 0.3 is 0 Å². The van der Waals surface area contributed by atoms with Gasteiger partial charge in [0.1, 0.15) is 11.4 Å². The number of carbonyl (C=O) groups excluding carboxylic acids is 1. The van der Waals surface area contributed by atoms with E-state index in [1.807, 2.05) is 41.8 Å². The Bertz CT molecular complexity index is 861. The summed E-state index contributed by atoms with van der Waals surface area (Å²) in [6.07, 6.45) is 3.01. The van der Waals surface area contributed by atoms with Gasteiger partial charge in [0.25, 0.3) is 5.91 Å². The van der Waals surface area contributed by atoms with Crippen molar-refractivity contribution in [2.24, 2.45) is 0 Å². The van der Waals surface area contributed by atoms with E-state index >= 15 is 0 Å². The summed E-state index contributed by atoms with van der Waals surface area (Å²) in [6.45, 7) is 2.67. The molecule has 2 N–H and O–H groups in total. The molecule has 0 spiro atoms. The third-order valence-electron chi connectivity index (χ3n) is 3.43.